The van der Waals surface area contributed by atoms with E-state index in [1.54, 1.807) is 13.4 Å². The molecule has 0 amide bonds. The lowest BCUT2D eigenvalue weighted by atomic mass is 10.2. The number of nitrogens with zero attached hydrogens (tertiary/aromatic N) is 4. The van der Waals surface area contributed by atoms with Gasteiger partial charge in [0, 0.05) is 19.6 Å². The van der Waals surface area contributed by atoms with Gasteiger partial charge in [0.25, 0.3) is 0 Å². The lowest BCUT2D eigenvalue weighted by molar-refractivity contribution is 0.313. The van der Waals surface area contributed by atoms with Crippen molar-refractivity contribution in [1.29, 1.82) is 0 Å². The number of aromatic nitrogens is 2. The Balaban J connectivity index is 2.13. The smallest absolute Gasteiger partial charge is 0.182 e. The molecule has 1 unspecified atom stereocenters. The Kier molecular flexibility index (Phi) is 4.01. The van der Waals surface area contributed by atoms with Crippen LogP contribution < -0.4 is 9.64 Å². The molecule has 0 saturated carbocycles. The van der Waals surface area contributed by atoms with Crippen LogP contribution >= 0.6 is 0 Å². The van der Waals surface area contributed by atoms with Gasteiger partial charge in [-0.1, -0.05) is 0 Å². The van der Waals surface area contributed by atoms with E-state index >= 15 is 0 Å². The van der Waals surface area contributed by atoms with Crippen LogP contribution in [0.5, 0.6) is 5.75 Å². The fourth-order valence-electron chi connectivity index (χ4n) is 2.57. The molecule has 1 fully saturated rings. The van der Waals surface area contributed by atoms with Gasteiger partial charge in [-0.25, -0.2) is 9.97 Å². The normalized spacial score (nSPS) is 20.1. The standard InChI is InChI=1S/C13H22N4O/c1-10-12(18-4)13(15-9-14-10)17(3)8-11-6-5-7-16(11)2/h9,11H,5-8H2,1-4H3. The third kappa shape index (κ3) is 2.56. The minimum absolute atomic E-state index is 0.606. The zero-order valence-electron chi connectivity index (χ0n) is 11.7. The zero-order valence-corrected chi connectivity index (χ0v) is 11.7. The maximum absolute atomic E-state index is 5.41. The zero-order chi connectivity index (χ0) is 13.1. The van der Waals surface area contributed by atoms with Crippen LogP contribution in [0.15, 0.2) is 6.33 Å². The number of likely N-dealkylation sites (tertiary alicyclic amines) is 1. The number of anilines is 1. The first-order valence-corrected chi connectivity index (χ1v) is 6.40. The molecule has 1 aromatic heterocycles. The van der Waals surface area contributed by atoms with Gasteiger partial charge >= 0.3 is 0 Å². The fraction of sp³-hybridized carbons (Fsp3) is 0.692. The summed E-state index contributed by atoms with van der Waals surface area (Å²) in [6.07, 6.45) is 4.14. The minimum Gasteiger partial charge on any atom is -0.491 e. The molecule has 18 heavy (non-hydrogen) atoms. The monoisotopic (exact) mass is 250 g/mol. The highest BCUT2D eigenvalue weighted by molar-refractivity contribution is 5.53. The highest BCUT2D eigenvalue weighted by Gasteiger charge is 2.24. The lowest BCUT2D eigenvalue weighted by Gasteiger charge is -2.27. The summed E-state index contributed by atoms with van der Waals surface area (Å²) in [7, 11) is 5.93. The number of aryl methyl sites for hydroxylation is 1. The number of hydrogen-bond acceptors (Lipinski definition) is 5. The van der Waals surface area contributed by atoms with Crippen LogP contribution in [0.2, 0.25) is 0 Å². The summed E-state index contributed by atoms with van der Waals surface area (Å²) < 4.78 is 5.41. The van der Waals surface area contributed by atoms with E-state index in [1.165, 1.54) is 19.4 Å². The van der Waals surface area contributed by atoms with Gasteiger partial charge in [-0.05, 0) is 33.4 Å². The first-order chi connectivity index (χ1) is 8.63. The summed E-state index contributed by atoms with van der Waals surface area (Å²) in [6.45, 7) is 4.11. The van der Waals surface area contributed by atoms with E-state index in [9.17, 15) is 0 Å². The quantitative estimate of drug-likeness (QED) is 0.806. The van der Waals surface area contributed by atoms with Crippen LogP contribution in [-0.4, -0.2) is 55.2 Å². The van der Waals surface area contributed by atoms with Crippen molar-refractivity contribution < 1.29 is 4.74 Å². The SMILES string of the molecule is COc1c(C)ncnc1N(C)CC1CCCN1C. The van der Waals surface area contributed by atoms with Crippen molar-refractivity contribution in [3.63, 3.8) is 0 Å². The summed E-state index contributed by atoms with van der Waals surface area (Å²) in [5.41, 5.74) is 0.883. The van der Waals surface area contributed by atoms with Gasteiger partial charge in [-0.2, -0.15) is 0 Å². The number of ether oxygens (including phenoxy) is 1. The minimum atomic E-state index is 0.606. The average molecular weight is 250 g/mol. The summed E-state index contributed by atoms with van der Waals surface area (Å²) >= 11 is 0. The molecule has 0 bridgehead atoms. The van der Waals surface area contributed by atoms with Crippen molar-refractivity contribution in [2.75, 3.05) is 39.2 Å². The molecular formula is C13H22N4O. The number of rotatable bonds is 4. The predicted octanol–water partition coefficient (Wildman–Crippen LogP) is 1.32. The van der Waals surface area contributed by atoms with Crippen LogP contribution in [0, 0.1) is 6.92 Å². The maximum atomic E-state index is 5.41. The van der Waals surface area contributed by atoms with E-state index in [0.29, 0.717) is 6.04 Å². The van der Waals surface area contributed by atoms with E-state index in [1.807, 2.05) is 6.92 Å². The Morgan fingerprint density at radius 1 is 1.50 bits per heavy atom. The molecule has 0 aromatic carbocycles. The predicted molar refractivity (Wildman–Crippen MR) is 72.2 cm³/mol. The Morgan fingerprint density at radius 3 is 2.89 bits per heavy atom. The summed E-state index contributed by atoms with van der Waals surface area (Å²) in [5, 5.41) is 0. The Morgan fingerprint density at radius 2 is 2.28 bits per heavy atom. The third-order valence-corrected chi connectivity index (χ3v) is 3.68. The molecule has 0 aliphatic carbocycles. The molecule has 2 rings (SSSR count). The number of hydrogen-bond donors (Lipinski definition) is 0. The molecule has 0 spiro atoms. The van der Waals surface area contributed by atoms with Crippen LogP contribution in [0.3, 0.4) is 0 Å². The second kappa shape index (κ2) is 5.52. The van der Waals surface area contributed by atoms with E-state index in [4.69, 9.17) is 4.74 Å². The highest BCUT2D eigenvalue weighted by atomic mass is 16.5. The van der Waals surface area contributed by atoms with Gasteiger partial charge in [-0.3, -0.25) is 0 Å². The Hall–Kier alpha value is -1.36. The first-order valence-electron chi connectivity index (χ1n) is 6.40. The molecule has 2 heterocycles. The van der Waals surface area contributed by atoms with Gasteiger partial charge in [0.2, 0.25) is 0 Å². The second-order valence-corrected chi connectivity index (χ2v) is 4.97. The molecule has 1 aromatic rings. The van der Waals surface area contributed by atoms with Crippen molar-refractivity contribution >= 4 is 5.82 Å². The molecule has 1 aliphatic rings. The van der Waals surface area contributed by atoms with Gasteiger partial charge in [0.1, 0.15) is 6.33 Å². The van der Waals surface area contributed by atoms with Crippen molar-refractivity contribution in [3.8, 4) is 5.75 Å². The third-order valence-electron chi connectivity index (χ3n) is 3.68. The number of likely N-dealkylation sites (N-methyl/N-ethyl adjacent to an activating group) is 2. The first kappa shape index (κ1) is 13.1. The van der Waals surface area contributed by atoms with Crippen molar-refractivity contribution in [3.05, 3.63) is 12.0 Å². The lowest BCUT2D eigenvalue weighted by Crippen LogP contribution is -2.37. The molecule has 5 nitrogen and oxygen atoms in total. The van der Waals surface area contributed by atoms with Crippen LogP contribution in [-0.2, 0) is 0 Å². The highest BCUT2D eigenvalue weighted by Crippen LogP contribution is 2.27. The largest absolute Gasteiger partial charge is 0.491 e. The van der Waals surface area contributed by atoms with Crippen LogP contribution in [0.1, 0.15) is 18.5 Å². The van der Waals surface area contributed by atoms with Crippen molar-refractivity contribution in [1.82, 2.24) is 14.9 Å². The summed E-state index contributed by atoms with van der Waals surface area (Å²) in [4.78, 5) is 13.1. The molecule has 100 valence electrons. The van der Waals surface area contributed by atoms with E-state index in [-0.39, 0.29) is 0 Å². The maximum Gasteiger partial charge on any atom is 0.182 e. The van der Waals surface area contributed by atoms with Gasteiger partial charge in [0.05, 0.1) is 12.8 Å². The van der Waals surface area contributed by atoms with Gasteiger partial charge < -0.3 is 14.5 Å². The van der Waals surface area contributed by atoms with Crippen LogP contribution in [0.4, 0.5) is 5.82 Å². The van der Waals surface area contributed by atoms with Crippen molar-refractivity contribution in [2.45, 2.75) is 25.8 Å². The Labute approximate surface area is 109 Å². The molecule has 0 radical (unpaired) electrons. The van der Waals surface area contributed by atoms with Crippen molar-refractivity contribution in [2.24, 2.45) is 0 Å². The van der Waals surface area contributed by atoms with E-state index in [2.05, 4.69) is 33.9 Å². The topological polar surface area (TPSA) is 41.5 Å². The second-order valence-electron chi connectivity index (χ2n) is 4.97. The Bertz CT molecular complexity index is 410. The molecule has 0 N–H and O–H groups in total. The van der Waals surface area contributed by atoms with Gasteiger partial charge in [-0.15, -0.1) is 0 Å². The fourth-order valence-corrected chi connectivity index (χ4v) is 2.57. The number of methoxy groups -OCH3 is 1. The van der Waals surface area contributed by atoms with E-state index in [0.717, 1.165) is 23.8 Å². The van der Waals surface area contributed by atoms with Crippen LogP contribution in [0.25, 0.3) is 0 Å². The molecule has 5 heteroatoms. The summed E-state index contributed by atoms with van der Waals surface area (Å²) in [6, 6.07) is 0.606. The van der Waals surface area contributed by atoms with Gasteiger partial charge in [0.15, 0.2) is 11.6 Å². The van der Waals surface area contributed by atoms with E-state index < -0.39 is 0 Å². The molecule has 1 aliphatic heterocycles. The molecular weight excluding hydrogens is 228 g/mol. The molecule has 1 saturated heterocycles. The molecule has 1 atom stereocenters. The summed E-state index contributed by atoms with van der Waals surface area (Å²) in [5.74, 6) is 1.66. The average Bonchev–Trinajstić information content (AvgIpc) is 2.74.